The normalized spacial score (nSPS) is 10.3. The van der Waals surface area contributed by atoms with Gasteiger partial charge in [-0.15, -0.1) is 0 Å². The molecule has 0 aliphatic rings. The van der Waals surface area contributed by atoms with Crippen LogP contribution in [0.2, 0.25) is 0 Å². The first-order valence-corrected chi connectivity index (χ1v) is 7.40. The second-order valence-electron chi connectivity index (χ2n) is 4.10. The molecule has 0 unspecified atom stereocenters. The lowest BCUT2D eigenvalue weighted by atomic mass is 10.1. The zero-order valence-electron chi connectivity index (χ0n) is 10.1. The Morgan fingerprint density at radius 1 is 1.26 bits per heavy atom. The van der Waals surface area contributed by atoms with Gasteiger partial charge in [-0.25, -0.2) is 0 Å². The molecular formula is C14H11BrINO2. The van der Waals surface area contributed by atoms with Crippen molar-refractivity contribution in [3.05, 3.63) is 55.6 Å². The van der Waals surface area contributed by atoms with Gasteiger partial charge in [0.15, 0.2) is 0 Å². The molecule has 0 bridgehead atoms. The van der Waals surface area contributed by atoms with Gasteiger partial charge in [0.2, 0.25) is 0 Å². The standard InChI is InChI=1S/C14H11BrINO2/c1-8-2-4-11(16)10(6-8)14(19)17-12-5-3-9(15)7-13(12)18/h2-7,18H,1H3,(H,17,19). The first-order chi connectivity index (χ1) is 8.97. The van der Waals surface area contributed by atoms with Gasteiger partial charge in [-0.2, -0.15) is 0 Å². The molecule has 0 aliphatic heterocycles. The van der Waals surface area contributed by atoms with Crippen LogP contribution in [0.4, 0.5) is 5.69 Å². The van der Waals surface area contributed by atoms with E-state index in [4.69, 9.17) is 0 Å². The number of halogens is 2. The minimum atomic E-state index is -0.231. The zero-order valence-corrected chi connectivity index (χ0v) is 13.8. The summed E-state index contributed by atoms with van der Waals surface area (Å²) in [6.45, 7) is 1.93. The predicted molar refractivity (Wildman–Crippen MR) is 87.7 cm³/mol. The van der Waals surface area contributed by atoms with E-state index >= 15 is 0 Å². The molecule has 5 heteroatoms. The van der Waals surface area contributed by atoms with E-state index in [0.717, 1.165) is 13.6 Å². The van der Waals surface area contributed by atoms with Gasteiger partial charge in [0.25, 0.3) is 5.91 Å². The number of phenolic OH excluding ortho intramolecular Hbond substituents is 1. The molecule has 2 N–H and O–H groups in total. The van der Waals surface area contributed by atoms with E-state index in [1.54, 1.807) is 12.1 Å². The Kier molecular flexibility index (Phi) is 4.46. The average Bonchev–Trinajstić information content (AvgIpc) is 2.35. The summed E-state index contributed by atoms with van der Waals surface area (Å²) in [4.78, 5) is 12.2. The summed E-state index contributed by atoms with van der Waals surface area (Å²) in [5.74, 6) is -0.198. The van der Waals surface area contributed by atoms with Gasteiger partial charge >= 0.3 is 0 Å². The molecule has 0 radical (unpaired) electrons. The van der Waals surface area contributed by atoms with Crippen molar-refractivity contribution in [3.8, 4) is 5.75 Å². The highest BCUT2D eigenvalue weighted by Gasteiger charge is 2.12. The van der Waals surface area contributed by atoms with Crippen LogP contribution in [0, 0.1) is 10.5 Å². The second kappa shape index (κ2) is 5.92. The molecule has 2 aromatic carbocycles. The third-order valence-corrected chi connectivity index (χ3v) is 4.01. The number of carbonyl (C=O) groups excluding carboxylic acids is 1. The smallest absolute Gasteiger partial charge is 0.256 e. The quantitative estimate of drug-likeness (QED) is 0.549. The predicted octanol–water partition coefficient (Wildman–Crippen LogP) is 4.32. The maximum atomic E-state index is 12.2. The fourth-order valence-electron chi connectivity index (χ4n) is 1.61. The van der Waals surface area contributed by atoms with Crippen molar-refractivity contribution in [1.82, 2.24) is 0 Å². The van der Waals surface area contributed by atoms with E-state index in [1.165, 1.54) is 6.07 Å². The number of carbonyl (C=O) groups is 1. The maximum Gasteiger partial charge on any atom is 0.256 e. The molecule has 2 rings (SSSR count). The Bertz CT molecular complexity index is 643. The van der Waals surface area contributed by atoms with Crippen molar-refractivity contribution in [3.63, 3.8) is 0 Å². The molecule has 2 aromatic rings. The minimum absolute atomic E-state index is 0.0328. The number of hydrogen-bond acceptors (Lipinski definition) is 2. The van der Waals surface area contributed by atoms with Gasteiger partial charge in [-0.05, 0) is 59.8 Å². The first-order valence-electron chi connectivity index (χ1n) is 5.53. The summed E-state index contributed by atoms with van der Waals surface area (Å²) in [5.41, 5.74) is 2.01. The lowest BCUT2D eigenvalue weighted by Gasteiger charge is -2.09. The molecule has 3 nitrogen and oxygen atoms in total. The van der Waals surface area contributed by atoms with Crippen LogP contribution >= 0.6 is 38.5 Å². The molecule has 19 heavy (non-hydrogen) atoms. The minimum Gasteiger partial charge on any atom is -0.506 e. The number of nitrogens with one attached hydrogen (secondary N) is 1. The molecule has 98 valence electrons. The fraction of sp³-hybridized carbons (Fsp3) is 0.0714. The number of anilines is 1. The largest absolute Gasteiger partial charge is 0.506 e. The third kappa shape index (κ3) is 3.48. The van der Waals surface area contributed by atoms with Crippen LogP contribution in [-0.4, -0.2) is 11.0 Å². The lowest BCUT2D eigenvalue weighted by Crippen LogP contribution is -2.13. The van der Waals surface area contributed by atoms with Gasteiger partial charge < -0.3 is 10.4 Å². The molecule has 0 heterocycles. The van der Waals surface area contributed by atoms with E-state index in [9.17, 15) is 9.90 Å². The number of phenols is 1. The van der Waals surface area contributed by atoms with Crippen molar-refractivity contribution in [2.75, 3.05) is 5.32 Å². The summed E-state index contributed by atoms with van der Waals surface area (Å²) < 4.78 is 1.63. The van der Waals surface area contributed by atoms with Crippen LogP contribution in [0.3, 0.4) is 0 Å². The maximum absolute atomic E-state index is 12.2. The zero-order chi connectivity index (χ0) is 14.0. The summed E-state index contributed by atoms with van der Waals surface area (Å²) in [6, 6.07) is 10.6. The summed E-state index contributed by atoms with van der Waals surface area (Å²) in [6.07, 6.45) is 0. The van der Waals surface area contributed by atoms with Gasteiger partial charge in [0.05, 0.1) is 11.3 Å². The van der Waals surface area contributed by atoms with E-state index in [2.05, 4.69) is 43.8 Å². The van der Waals surface area contributed by atoms with Crippen molar-refractivity contribution in [1.29, 1.82) is 0 Å². The van der Waals surface area contributed by atoms with Gasteiger partial charge in [0.1, 0.15) is 5.75 Å². The molecule has 1 amide bonds. The van der Waals surface area contributed by atoms with Crippen LogP contribution in [0.5, 0.6) is 5.75 Å². The molecule has 0 saturated heterocycles. The number of rotatable bonds is 2. The second-order valence-corrected chi connectivity index (χ2v) is 6.18. The van der Waals surface area contributed by atoms with E-state index in [-0.39, 0.29) is 11.7 Å². The van der Waals surface area contributed by atoms with Gasteiger partial charge in [-0.3, -0.25) is 4.79 Å². The van der Waals surface area contributed by atoms with E-state index in [1.807, 2.05) is 25.1 Å². The first kappa shape index (κ1) is 14.3. The highest BCUT2D eigenvalue weighted by atomic mass is 127. The van der Waals surface area contributed by atoms with Crippen LogP contribution in [0.15, 0.2) is 40.9 Å². The van der Waals surface area contributed by atoms with Crippen LogP contribution in [0.25, 0.3) is 0 Å². The molecule has 0 saturated carbocycles. The van der Waals surface area contributed by atoms with Crippen molar-refractivity contribution in [2.24, 2.45) is 0 Å². The monoisotopic (exact) mass is 431 g/mol. The fourth-order valence-corrected chi connectivity index (χ4v) is 2.54. The topological polar surface area (TPSA) is 49.3 Å². The number of benzene rings is 2. The molecule has 0 aliphatic carbocycles. The SMILES string of the molecule is Cc1ccc(I)c(C(=O)Nc2ccc(Br)cc2O)c1. The Balaban J connectivity index is 2.28. The summed E-state index contributed by atoms with van der Waals surface area (Å²) in [5, 5.41) is 12.5. The Morgan fingerprint density at radius 3 is 2.68 bits per heavy atom. The Hall–Kier alpha value is -1.08. The van der Waals surface area contributed by atoms with Crippen molar-refractivity contribution >= 4 is 50.1 Å². The van der Waals surface area contributed by atoms with Gasteiger partial charge in [0, 0.05) is 8.04 Å². The number of aryl methyl sites for hydroxylation is 1. The summed E-state index contributed by atoms with van der Waals surface area (Å²) in [7, 11) is 0. The molecule has 0 aromatic heterocycles. The highest BCUT2D eigenvalue weighted by molar-refractivity contribution is 14.1. The van der Waals surface area contributed by atoms with Crippen molar-refractivity contribution in [2.45, 2.75) is 6.92 Å². The molecular weight excluding hydrogens is 421 g/mol. The molecule has 0 fully saturated rings. The number of amides is 1. The number of aromatic hydroxyl groups is 1. The molecule has 0 spiro atoms. The lowest BCUT2D eigenvalue weighted by molar-refractivity contribution is 0.102. The highest BCUT2D eigenvalue weighted by Crippen LogP contribution is 2.27. The van der Waals surface area contributed by atoms with Crippen LogP contribution < -0.4 is 5.32 Å². The van der Waals surface area contributed by atoms with E-state index < -0.39 is 0 Å². The van der Waals surface area contributed by atoms with Crippen LogP contribution in [-0.2, 0) is 0 Å². The molecule has 0 atom stereocenters. The van der Waals surface area contributed by atoms with E-state index in [0.29, 0.717) is 11.3 Å². The Labute approximate surface area is 133 Å². The summed E-state index contributed by atoms with van der Waals surface area (Å²) >= 11 is 5.37. The van der Waals surface area contributed by atoms with Crippen molar-refractivity contribution < 1.29 is 9.90 Å². The average molecular weight is 432 g/mol. The van der Waals surface area contributed by atoms with Crippen LogP contribution in [0.1, 0.15) is 15.9 Å². The number of hydrogen-bond donors (Lipinski definition) is 2. The Morgan fingerprint density at radius 2 is 2.00 bits per heavy atom. The van der Waals surface area contributed by atoms with Gasteiger partial charge in [-0.1, -0.05) is 27.6 Å². The third-order valence-electron chi connectivity index (χ3n) is 2.57.